The third kappa shape index (κ3) is 1.67. The number of rotatable bonds is 3. The third-order valence-corrected chi connectivity index (χ3v) is 2.63. The van der Waals surface area contributed by atoms with E-state index in [-0.39, 0.29) is 5.82 Å². The zero-order chi connectivity index (χ0) is 10.1. The van der Waals surface area contributed by atoms with Gasteiger partial charge in [0.15, 0.2) is 0 Å². The molecule has 0 radical (unpaired) electrons. The van der Waals surface area contributed by atoms with E-state index >= 15 is 0 Å². The van der Waals surface area contributed by atoms with Crippen LogP contribution in [0, 0.1) is 5.82 Å². The molecule has 0 atom stereocenters. The van der Waals surface area contributed by atoms with E-state index in [0.717, 1.165) is 12.2 Å². The smallest absolute Gasteiger partial charge is 0.125 e. The van der Waals surface area contributed by atoms with Crippen molar-refractivity contribution >= 4 is 11.4 Å². The highest BCUT2D eigenvalue weighted by Crippen LogP contribution is 2.34. The van der Waals surface area contributed by atoms with Crippen LogP contribution in [0.1, 0.15) is 19.8 Å². The van der Waals surface area contributed by atoms with Gasteiger partial charge in [0.2, 0.25) is 0 Å². The van der Waals surface area contributed by atoms with E-state index in [1.807, 2.05) is 0 Å². The van der Waals surface area contributed by atoms with E-state index in [0.29, 0.717) is 11.7 Å². The molecule has 2 rings (SSSR count). The van der Waals surface area contributed by atoms with Gasteiger partial charge in [-0.1, -0.05) is 0 Å². The Morgan fingerprint density at radius 1 is 1.50 bits per heavy atom. The SMILES string of the molecule is CCN(c1cc(F)ccc1N)C1CC1. The second-order valence-corrected chi connectivity index (χ2v) is 3.72. The van der Waals surface area contributed by atoms with Crippen LogP contribution < -0.4 is 10.6 Å². The van der Waals surface area contributed by atoms with Crippen LogP contribution >= 0.6 is 0 Å². The van der Waals surface area contributed by atoms with Gasteiger partial charge in [-0.3, -0.25) is 0 Å². The van der Waals surface area contributed by atoms with Crippen LogP contribution in [0.5, 0.6) is 0 Å². The highest BCUT2D eigenvalue weighted by Gasteiger charge is 2.29. The van der Waals surface area contributed by atoms with E-state index in [1.165, 1.54) is 25.0 Å². The first-order valence-corrected chi connectivity index (χ1v) is 5.04. The Kier molecular flexibility index (Phi) is 2.32. The Hall–Kier alpha value is -1.25. The molecule has 1 saturated carbocycles. The molecule has 1 aliphatic rings. The van der Waals surface area contributed by atoms with Crippen LogP contribution in [-0.2, 0) is 0 Å². The second-order valence-electron chi connectivity index (χ2n) is 3.72. The normalized spacial score (nSPS) is 15.6. The molecule has 0 heterocycles. The molecule has 2 nitrogen and oxygen atoms in total. The third-order valence-electron chi connectivity index (χ3n) is 2.63. The molecule has 1 aliphatic carbocycles. The first kappa shape index (κ1) is 9.31. The average Bonchev–Trinajstić information content (AvgIpc) is 2.96. The van der Waals surface area contributed by atoms with Crippen LogP contribution in [0.4, 0.5) is 15.8 Å². The Bertz CT molecular complexity index is 334. The molecular weight excluding hydrogens is 179 g/mol. The number of hydrogen-bond acceptors (Lipinski definition) is 2. The first-order chi connectivity index (χ1) is 6.72. The Labute approximate surface area is 83.5 Å². The minimum Gasteiger partial charge on any atom is -0.397 e. The van der Waals surface area contributed by atoms with Gasteiger partial charge in [0.25, 0.3) is 0 Å². The molecular formula is C11H15FN2. The van der Waals surface area contributed by atoms with Gasteiger partial charge in [-0.15, -0.1) is 0 Å². The molecule has 0 aliphatic heterocycles. The second kappa shape index (κ2) is 3.48. The van der Waals surface area contributed by atoms with E-state index in [9.17, 15) is 4.39 Å². The quantitative estimate of drug-likeness (QED) is 0.749. The van der Waals surface area contributed by atoms with E-state index in [1.54, 1.807) is 6.07 Å². The Morgan fingerprint density at radius 2 is 2.21 bits per heavy atom. The van der Waals surface area contributed by atoms with Crippen molar-refractivity contribution in [2.75, 3.05) is 17.2 Å². The van der Waals surface area contributed by atoms with Crippen molar-refractivity contribution in [1.29, 1.82) is 0 Å². The lowest BCUT2D eigenvalue weighted by molar-refractivity contribution is 0.626. The topological polar surface area (TPSA) is 29.3 Å². The van der Waals surface area contributed by atoms with Crippen LogP contribution in [0.2, 0.25) is 0 Å². The number of hydrogen-bond donors (Lipinski definition) is 1. The molecule has 14 heavy (non-hydrogen) atoms. The van der Waals surface area contributed by atoms with Gasteiger partial charge >= 0.3 is 0 Å². The van der Waals surface area contributed by atoms with Gasteiger partial charge < -0.3 is 10.6 Å². The standard InChI is InChI=1S/C11H15FN2/c1-2-14(9-4-5-9)11-7-8(12)3-6-10(11)13/h3,6-7,9H,2,4-5,13H2,1H3. The summed E-state index contributed by atoms with van der Waals surface area (Å²) in [6, 6.07) is 5.14. The van der Waals surface area contributed by atoms with Crippen molar-refractivity contribution in [3.63, 3.8) is 0 Å². The van der Waals surface area contributed by atoms with Crippen LogP contribution in [0.25, 0.3) is 0 Å². The lowest BCUT2D eigenvalue weighted by atomic mass is 10.2. The van der Waals surface area contributed by atoms with E-state index in [2.05, 4.69) is 11.8 Å². The molecule has 0 bridgehead atoms. The maximum atomic E-state index is 13.0. The molecule has 0 spiro atoms. The Balaban J connectivity index is 2.32. The molecule has 1 aromatic rings. The minimum atomic E-state index is -0.215. The molecule has 1 aromatic carbocycles. The molecule has 2 N–H and O–H groups in total. The van der Waals surface area contributed by atoms with Crippen molar-refractivity contribution in [3.8, 4) is 0 Å². The lowest BCUT2D eigenvalue weighted by Gasteiger charge is -2.24. The van der Waals surface area contributed by atoms with Crippen molar-refractivity contribution in [2.24, 2.45) is 0 Å². The number of nitrogens with zero attached hydrogens (tertiary/aromatic N) is 1. The Morgan fingerprint density at radius 3 is 2.79 bits per heavy atom. The molecule has 0 amide bonds. The monoisotopic (exact) mass is 194 g/mol. The summed E-state index contributed by atoms with van der Waals surface area (Å²) in [7, 11) is 0. The van der Waals surface area contributed by atoms with Crippen LogP contribution in [0.15, 0.2) is 18.2 Å². The van der Waals surface area contributed by atoms with Crippen molar-refractivity contribution in [2.45, 2.75) is 25.8 Å². The average molecular weight is 194 g/mol. The maximum Gasteiger partial charge on any atom is 0.125 e. The summed E-state index contributed by atoms with van der Waals surface area (Å²) < 4.78 is 13.0. The molecule has 0 unspecified atom stereocenters. The zero-order valence-corrected chi connectivity index (χ0v) is 8.33. The molecule has 1 fully saturated rings. The van der Waals surface area contributed by atoms with Gasteiger partial charge in [-0.2, -0.15) is 0 Å². The summed E-state index contributed by atoms with van der Waals surface area (Å²) in [6.45, 7) is 2.96. The summed E-state index contributed by atoms with van der Waals surface area (Å²) >= 11 is 0. The summed E-state index contributed by atoms with van der Waals surface area (Å²) in [5, 5.41) is 0. The van der Waals surface area contributed by atoms with E-state index < -0.39 is 0 Å². The molecule has 76 valence electrons. The summed E-state index contributed by atoms with van der Waals surface area (Å²) in [6.07, 6.45) is 2.40. The lowest BCUT2D eigenvalue weighted by Crippen LogP contribution is -2.26. The van der Waals surface area contributed by atoms with Gasteiger partial charge in [-0.05, 0) is 38.0 Å². The van der Waals surface area contributed by atoms with Crippen LogP contribution in [0.3, 0.4) is 0 Å². The summed E-state index contributed by atoms with van der Waals surface area (Å²) in [5.74, 6) is -0.215. The number of nitrogen functional groups attached to an aromatic ring is 1. The molecule has 0 saturated heterocycles. The largest absolute Gasteiger partial charge is 0.397 e. The maximum absolute atomic E-state index is 13.0. The number of halogens is 1. The summed E-state index contributed by atoms with van der Waals surface area (Å²) in [5.41, 5.74) is 7.33. The number of nitrogens with two attached hydrogens (primary N) is 1. The fourth-order valence-electron chi connectivity index (χ4n) is 1.78. The van der Waals surface area contributed by atoms with Crippen molar-refractivity contribution < 1.29 is 4.39 Å². The molecule has 3 heteroatoms. The predicted molar refractivity (Wildman–Crippen MR) is 56.9 cm³/mol. The molecule has 0 aromatic heterocycles. The van der Waals surface area contributed by atoms with E-state index in [4.69, 9.17) is 5.73 Å². The van der Waals surface area contributed by atoms with Crippen LogP contribution in [-0.4, -0.2) is 12.6 Å². The van der Waals surface area contributed by atoms with Crippen molar-refractivity contribution in [3.05, 3.63) is 24.0 Å². The number of anilines is 2. The minimum absolute atomic E-state index is 0.215. The van der Waals surface area contributed by atoms with Crippen molar-refractivity contribution in [1.82, 2.24) is 0 Å². The highest BCUT2D eigenvalue weighted by atomic mass is 19.1. The fraction of sp³-hybridized carbons (Fsp3) is 0.455. The van der Waals surface area contributed by atoms with Gasteiger partial charge in [-0.25, -0.2) is 4.39 Å². The zero-order valence-electron chi connectivity index (χ0n) is 8.33. The summed E-state index contributed by atoms with van der Waals surface area (Å²) in [4.78, 5) is 2.18. The first-order valence-electron chi connectivity index (χ1n) is 5.04. The fourth-order valence-corrected chi connectivity index (χ4v) is 1.78. The van der Waals surface area contributed by atoms with Gasteiger partial charge in [0.1, 0.15) is 5.82 Å². The predicted octanol–water partition coefficient (Wildman–Crippen LogP) is 2.40. The number of benzene rings is 1. The van der Waals surface area contributed by atoms with Gasteiger partial charge in [0.05, 0.1) is 11.4 Å². The highest BCUT2D eigenvalue weighted by molar-refractivity contribution is 5.68. The van der Waals surface area contributed by atoms with Gasteiger partial charge in [0, 0.05) is 12.6 Å².